The Morgan fingerprint density at radius 3 is 2.67 bits per heavy atom. The number of carboxylic acid groups (broad SMARTS) is 1. The van der Waals surface area contributed by atoms with Crippen LogP contribution in [0.4, 0.5) is 5.69 Å². The van der Waals surface area contributed by atoms with Gasteiger partial charge >= 0.3 is 5.97 Å². The van der Waals surface area contributed by atoms with Crippen LogP contribution in [-0.4, -0.2) is 64.8 Å². The number of aliphatic imine (C=N–C) groups is 1. The molecule has 0 radical (unpaired) electrons. The van der Waals surface area contributed by atoms with Crippen molar-refractivity contribution in [1.29, 1.82) is 0 Å². The standard InChI is InChI=1S/C23H25BrClN5O6/c1-11-2-12(4-14(3-11)29-23-27-8-15(31)9-28-23)22(36)26-10-19(32)30-18(7-20(33)34)16-5-13(25)6-17(24)21(16)35/h2-6,15,18,31,35H,7-10H2,1H3,(H,26,36)(H,30,32)(H,33,34)(H2,27,28,29)/t18-/m1/s1. The summed E-state index contributed by atoms with van der Waals surface area (Å²) in [5.41, 5.74) is 1.79. The molecule has 2 aromatic carbocycles. The maximum atomic E-state index is 12.7. The van der Waals surface area contributed by atoms with Gasteiger partial charge in [-0.05, 0) is 58.7 Å². The van der Waals surface area contributed by atoms with E-state index < -0.39 is 42.9 Å². The van der Waals surface area contributed by atoms with Gasteiger partial charge in [-0.2, -0.15) is 0 Å². The van der Waals surface area contributed by atoms with Crippen LogP contribution in [0.5, 0.6) is 5.75 Å². The van der Waals surface area contributed by atoms with Crippen LogP contribution in [0.1, 0.15) is 33.9 Å². The first-order valence-electron chi connectivity index (χ1n) is 10.8. The molecule has 36 heavy (non-hydrogen) atoms. The average Bonchev–Trinajstić information content (AvgIpc) is 2.80. The molecule has 7 N–H and O–H groups in total. The summed E-state index contributed by atoms with van der Waals surface area (Å²) in [6, 6.07) is 6.76. The summed E-state index contributed by atoms with van der Waals surface area (Å²) in [4.78, 5) is 40.8. The molecule has 0 fully saturated rings. The van der Waals surface area contributed by atoms with Crippen LogP contribution >= 0.6 is 27.5 Å². The number of phenols is 1. The van der Waals surface area contributed by atoms with Crippen molar-refractivity contribution in [3.05, 3.63) is 56.5 Å². The normalized spacial score (nSPS) is 15.8. The number of aliphatic carboxylic acids is 1. The Bertz CT molecular complexity index is 1210. The molecule has 2 aromatic rings. The number of hydrogen-bond acceptors (Lipinski definition) is 8. The molecule has 0 aliphatic carbocycles. The van der Waals surface area contributed by atoms with Gasteiger partial charge in [-0.3, -0.25) is 19.4 Å². The van der Waals surface area contributed by atoms with E-state index in [0.717, 1.165) is 5.56 Å². The minimum atomic E-state index is -1.20. The number of aliphatic hydroxyl groups is 1. The number of aromatic hydroxyl groups is 1. The number of phenolic OH excluding ortho intramolecular Hbond substituents is 1. The Balaban J connectivity index is 1.66. The van der Waals surface area contributed by atoms with Crippen LogP contribution in [0, 0.1) is 6.92 Å². The van der Waals surface area contributed by atoms with Crippen molar-refractivity contribution >= 4 is 57.0 Å². The number of carbonyl (C=O) groups is 3. The number of aryl methyl sites for hydroxylation is 1. The van der Waals surface area contributed by atoms with E-state index in [2.05, 4.69) is 42.2 Å². The summed E-state index contributed by atoms with van der Waals surface area (Å²) in [5, 5.41) is 40.4. The van der Waals surface area contributed by atoms with Crippen molar-refractivity contribution in [2.24, 2.45) is 4.99 Å². The number of benzene rings is 2. The number of halogens is 2. The number of β-amino-alcohol motifs (C(OH)–C–C–N with tert-alkyl or cyclic N) is 1. The van der Waals surface area contributed by atoms with Gasteiger partial charge in [0.2, 0.25) is 5.91 Å². The summed E-state index contributed by atoms with van der Waals surface area (Å²) >= 11 is 9.16. The Morgan fingerprint density at radius 2 is 2.00 bits per heavy atom. The second-order valence-electron chi connectivity index (χ2n) is 8.16. The van der Waals surface area contributed by atoms with Gasteiger partial charge in [0.25, 0.3) is 5.91 Å². The van der Waals surface area contributed by atoms with Crippen molar-refractivity contribution in [3.8, 4) is 5.75 Å². The van der Waals surface area contributed by atoms with Gasteiger partial charge in [-0.15, -0.1) is 0 Å². The van der Waals surface area contributed by atoms with E-state index in [9.17, 15) is 29.7 Å². The number of nitrogens with one attached hydrogen (secondary N) is 4. The lowest BCUT2D eigenvalue weighted by molar-refractivity contribution is -0.137. The summed E-state index contributed by atoms with van der Waals surface area (Å²) in [5.74, 6) is -2.16. The van der Waals surface area contributed by atoms with Crippen molar-refractivity contribution in [3.63, 3.8) is 0 Å². The van der Waals surface area contributed by atoms with Gasteiger partial charge in [-0.25, -0.2) is 0 Å². The third-order valence-electron chi connectivity index (χ3n) is 5.12. The van der Waals surface area contributed by atoms with E-state index in [-0.39, 0.29) is 27.4 Å². The molecule has 1 heterocycles. The predicted molar refractivity (Wildman–Crippen MR) is 137 cm³/mol. The van der Waals surface area contributed by atoms with Crippen LogP contribution in [0.2, 0.25) is 5.02 Å². The Morgan fingerprint density at radius 1 is 1.25 bits per heavy atom. The van der Waals surface area contributed by atoms with E-state index in [0.29, 0.717) is 23.8 Å². The lowest BCUT2D eigenvalue weighted by Crippen LogP contribution is -2.42. The molecule has 0 bridgehead atoms. The van der Waals surface area contributed by atoms with Gasteiger partial charge in [0.15, 0.2) is 5.96 Å². The van der Waals surface area contributed by atoms with E-state index >= 15 is 0 Å². The summed E-state index contributed by atoms with van der Waals surface area (Å²) in [6.07, 6.45) is -1.07. The van der Waals surface area contributed by atoms with Crippen LogP contribution in [0.3, 0.4) is 0 Å². The monoisotopic (exact) mass is 581 g/mol. The van der Waals surface area contributed by atoms with Crippen LogP contribution in [0.15, 0.2) is 39.8 Å². The van der Waals surface area contributed by atoms with Crippen LogP contribution < -0.4 is 21.3 Å². The van der Waals surface area contributed by atoms with Crippen molar-refractivity contribution < 1.29 is 29.7 Å². The van der Waals surface area contributed by atoms with Crippen molar-refractivity contribution in [2.45, 2.75) is 25.5 Å². The average molecular weight is 583 g/mol. The Kier molecular flexibility index (Phi) is 9.13. The fourth-order valence-corrected chi connectivity index (χ4v) is 4.35. The number of anilines is 1. The topological polar surface area (TPSA) is 172 Å². The molecule has 1 aliphatic rings. The third kappa shape index (κ3) is 7.57. The molecule has 0 aromatic heterocycles. The number of carboxylic acids is 1. The molecular weight excluding hydrogens is 558 g/mol. The SMILES string of the molecule is Cc1cc(NC2=NCC(O)CN2)cc(C(=O)NCC(=O)N[C@H](CC(=O)O)c2cc(Cl)cc(Br)c2O)c1. The highest BCUT2D eigenvalue weighted by atomic mass is 79.9. The number of amides is 2. The second-order valence-corrected chi connectivity index (χ2v) is 9.45. The maximum Gasteiger partial charge on any atom is 0.305 e. The first kappa shape index (κ1) is 27.2. The molecule has 0 saturated heterocycles. The van der Waals surface area contributed by atoms with Gasteiger partial charge in [0, 0.05) is 28.4 Å². The van der Waals surface area contributed by atoms with E-state index in [4.69, 9.17) is 11.6 Å². The molecular formula is C23H25BrClN5O6. The number of guanidine groups is 1. The van der Waals surface area contributed by atoms with Gasteiger partial charge in [0.1, 0.15) is 5.75 Å². The molecule has 0 spiro atoms. The van der Waals surface area contributed by atoms with E-state index in [1.807, 2.05) is 6.07 Å². The third-order valence-corrected chi connectivity index (χ3v) is 5.95. The van der Waals surface area contributed by atoms with E-state index in [1.165, 1.54) is 12.1 Å². The second kappa shape index (κ2) is 12.1. The zero-order valence-corrected chi connectivity index (χ0v) is 21.5. The maximum absolute atomic E-state index is 12.7. The lowest BCUT2D eigenvalue weighted by Gasteiger charge is -2.20. The minimum absolute atomic E-state index is 0.123. The molecule has 0 saturated carbocycles. The summed E-state index contributed by atoms with van der Waals surface area (Å²) in [7, 11) is 0. The number of nitrogens with zero attached hydrogens (tertiary/aromatic N) is 1. The number of carbonyl (C=O) groups excluding carboxylic acids is 2. The van der Waals surface area contributed by atoms with Gasteiger partial charge in [0.05, 0.1) is 36.1 Å². The summed E-state index contributed by atoms with van der Waals surface area (Å²) in [6.45, 7) is 1.99. The quantitative estimate of drug-likeness (QED) is 0.247. The highest BCUT2D eigenvalue weighted by Crippen LogP contribution is 2.36. The zero-order chi connectivity index (χ0) is 26.4. The molecule has 192 valence electrons. The molecule has 3 rings (SSSR count). The van der Waals surface area contributed by atoms with Crippen LogP contribution in [0.25, 0.3) is 0 Å². The molecule has 13 heteroatoms. The first-order valence-corrected chi connectivity index (χ1v) is 12.0. The number of aliphatic hydroxyl groups excluding tert-OH is 1. The Hall–Kier alpha value is -3.35. The van der Waals surface area contributed by atoms with Gasteiger partial charge in [-0.1, -0.05) is 11.6 Å². The number of hydrogen-bond donors (Lipinski definition) is 7. The number of rotatable bonds is 8. The van der Waals surface area contributed by atoms with Crippen molar-refractivity contribution in [2.75, 3.05) is 25.0 Å². The first-order chi connectivity index (χ1) is 17.0. The highest BCUT2D eigenvalue weighted by molar-refractivity contribution is 9.10. The van der Waals surface area contributed by atoms with Crippen molar-refractivity contribution in [1.82, 2.24) is 16.0 Å². The van der Waals surface area contributed by atoms with E-state index in [1.54, 1.807) is 19.1 Å². The zero-order valence-electron chi connectivity index (χ0n) is 19.1. The molecule has 1 aliphatic heterocycles. The fraction of sp³-hybridized carbons (Fsp3) is 0.304. The van der Waals surface area contributed by atoms with Crippen LogP contribution in [-0.2, 0) is 9.59 Å². The smallest absolute Gasteiger partial charge is 0.305 e. The molecule has 2 atom stereocenters. The lowest BCUT2D eigenvalue weighted by atomic mass is 10.0. The molecule has 11 nitrogen and oxygen atoms in total. The Labute approximate surface area is 220 Å². The highest BCUT2D eigenvalue weighted by Gasteiger charge is 2.23. The molecule has 2 amide bonds. The van der Waals surface area contributed by atoms with Gasteiger partial charge < -0.3 is 36.6 Å². The summed E-state index contributed by atoms with van der Waals surface area (Å²) < 4.78 is 0.248. The minimum Gasteiger partial charge on any atom is -0.506 e. The molecule has 1 unspecified atom stereocenters. The largest absolute Gasteiger partial charge is 0.506 e. The fourth-order valence-electron chi connectivity index (χ4n) is 3.51. The predicted octanol–water partition coefficient (Wildman–Crippen LogP) is 1.91.